The monoisotopic (exact) mass is 415 g/mol. The molecule has 0 radical (unpaired) electrons. The van der Waals surface area contributed by atoms with Crippen molar-refractivity contribution in [2.45, 2.75) is 33.2 Å². The van der Waals surface area contributed by atoms with Crippen molar-refractivity contribution in [3.8, 4) is 0 Å². The quantitative estimate of drug-likeness (QED) is 0.632. The third kappa shape index (κ3) is 3.53. The average molecular weight is 417 g/mol. The highest BCUT2D eigenvalue weighted by Gasteiger charge is 2.20. The van der Waals surface area contributed by atoms with E-state index >= 15 is 0 Å². The van der Waals surface area contributed by atoms with E-state index in [0.717, 1.165) is 17.4 Å². The number of aryl methyl sites for hydroxylation is 2. The lowest BCUT2D eigenvalue weighted by Crippen LogP contribution is -2.23. The van der Waals surface area contributed by atoms with Gasteiger partial charge in [-0.25, -0.2) is 0 Å². The van der Waals surface area contributed by atoms with Crippen molar-refractivity contribution in [2.75, 3.05) is 6.54 Å². The van der Waals surface area contributed by atoms with E-state index in [1.807, 2.05) is 11.3 Å². The summed E-state index contributed by atoms with van der Waals surface area (Å²) < 4.78 is 2.33. The van der Waals surface area contributed by atoms with Crippen molar-refractivity contribution >= 4 is 43.2 Å². The first-order chi connectivity index (χ1) is 9.54. The van der Waals surface area contributed by atoms with E-state index in [-0.39, 0.29) is 6.04 Å². The summed E-state index contributed by atoms with van der Waals surface area (Å²) in [5.41, 5.74) is 3.89. The molecule has 108 valence electrons. The Labute approximate surface area is 142 Å². The van der Waals surface area contributed by atoms with Crippen LogP contribution in [-0.2, 0) is 0 Å². The van der Waals surface area contributed by atoms with Crippen LogP contribution in [0.4, 0.5) is 0 Å². The van der Waals surface area contributed by atoms with Gasteiger partial charge >= 0.3 is 0 Å². The van der Waals surface area contributed by atoms with Crippen molar-refractivity contribution in [2.24, 2.45) is 0 Å². The highest BCUT2D eigenvalue weighted by atomic mass is 79.9. The Morgan fingerprint density at radius 2 is 1.90 bits per heavy atom. The highest BCUT2D eigenvalue weighted by molar-refractivity contribution is 9.11. The van der Waals surface area contributed by atoms with E-state index in [1.165, 1.54) is 26.0 Å². The second-order valence-corrected chi connectivity index (χ2v) is 7.63. The number of hydrogen-bond donors (Lipinski definition) is 1. The zero-order valence-electron chi connectivity index (χ0n) is 12.0. The van der Waals surface area contributed by atoms with Crippen molar-refractivity contribution in [3.05, 3.63) is 54.1 Å². The van der Waals surface area contributed by atoms with Gasteiger partial charge in [0.2, 0.25) is 0 Å². The highest BCUT2D eigenvalue weighted by Crippen LogP contribution is 2.36. The molecule has 0 spiro atoms. The molecule has 1 aromatic heterocycles. The molecule has 1 N–H and O–H groups in total. The zero-order valence-corrected chi connectivity index (χ0v) is 16.0. The second kappa shape index (κ2) is 7.21. The predicted molar refractivity (Wildman–Crippen MR) is 95.8 cm³/mol. The Kier molecular flexibility index (Phi) is 5.84. The summed E-state index contributed by atoms with van der Waals surface area (Å²) in [5.74, 6) is 0. The number of hydrogen-bond acceptors (Lipinski definition) is 2. The summed E-state index contributed by atoms with van der Waals surface area (Å²) in [6, 6.07) is 6.85. The summed E-state index contributed by atoms with van der Waals surface area (Å²) in [6.07, 6.45) is 1.13. The number of rotatable bonds is 5. The second-order valence-electron chi connectivity index (χ2n) is 4.98. The molecule has 0 fully saturated rings. The normalized spacial score (nSPS) is 12.7. The van der Waals surface area contributed by atoms with Crippen molar-refractivity contribution < 1.29 is 0 Å². The molecule has 0 aliphatic rings. The van der Waals surface area contributed by atoms with E-state index < -0.39 is 0 Å². The fourth-order valence-corrected chi connectivity index (χ4v) is 4.26. The molecule has 1 aromatic carbocycles. The van der Waals surface area contributed by atoms with Gasteiger partial charge in [0.1, 0.15) is 0 Å². The van der Waals surface area contributed by atoms with Gasteiger partial charge in [0.15, 0.2) is 0 Å². The zero-order chi connectivity index (χ0) is 14.7. The minimum atomic E-state index is 0.251. The van der Waals surface area contributed by atoms with Gasteiger partial charge < -0.3 is 5.32 Å². The van der Waals surface area contributed by atoms with Gasteiger partial charge in [-0.2, -0.15) is 0 Å². The molecule has 1 unspecified atom stereocenters. The molecule has 1 nitrogen and oxygen atoms in total. The Morgan fingerprint density at radius 3 is 2.50 bits per heavy atom. The molecule has 0 aliphatic heterocycles. The fraction of sp³-hybridized carbons (Fsp3) is 0.375. The lowest BCUT2D eigenvalue weighted by molar-refractivity contribution is 0.602. The van der Waals surface area contributed by atoms with Crippen LogP contribution in [0.25, 0.3) is 0 Å². The molecule has 20 heavy (non-hydrogen) atoms. The van der Waals surface area contributed by atoms with Gasteiger partial charge in [0.25, 0.3) is 0 Å². The Hall–Kier alpha value is -0.160. The van der Waals surface area contributed by atoms with Gasteiger partial charge in [-0.3, -0.25) is 0 Å². The summed E-state index contributed by atoms with van der Waals surface area (Å²) in [4.78, 5) is 1.40. The molecule has 0 aliphatic carbocycles. The summed E-state index contributed by atoms with van der Waals surface area (Å²) in [5, 5.41) is 5.85. The maximum Gasteiger partial charge on any atom is 0.0685 e. The maximum absolute atomic E-state index is 3.73. The number of thiophene rings is 1. The Bertz CT molecular complexity index is 592. The Balaban J connectivity index is 2.46. The van der Waals surface area contributed by atoms with Crippen LogP contribution in [0.15, 0.2) is 32.5 Å². The van der Waals surface area contributed by atoms with Gasteiger partial charge in [0, 0.05) is 13.8 Å². The summed E-state index contributed by atoms with van der Waals surface area (Å²) in [6.45, 7) is 7.51. The van der Waals surface area contributed by atoms with Crippen LogP contribution in [0.2, 0.25) is 0 Å². The van der Waals surface area contributed by atoms with E-state index in [1.54, 1.807) is 0 Å². The number of nitrogens with one attached hydrogen (secondary N) is 1. The van der Waals surface area contributed by atoms with Gasteiger partial charge in [-0.15, -0.1) is 11.3 Å². The number of benzene rings is 1. The third-order valence-electron chi connectivity index (χ3n) is 3.35. The van der Waals surface area contributed by atoms with E-state index in [4.69, 9.17) is 0 Å². The molecule has 2 rings (SSSR count). The number of halogens is 2. The van der Waals surface area contributed by atoms with Crippen LogP contribution in [-0.4, -0.2) is 6.54 Å². The molecule has 0 saturated heterocycles. The molecule has 4 heteroatoms. The molecule has 0 bridgehead atoms. The van der Waals surface area contributed by atoms with Crippen LogP contribution in [0.1, 0.15) is 41.0 Å². The minimum absolute atomic E-state index is 0.251. The van der Waals surface area contributed by atoms with Gasteiger partial charge in [0.05, 0.1) is 6.04 Å². The molecule has 1 atom stereocenters. The van der Waals surface area contributed by atoms with Crippen LogP contribution >= 0.6 is 43.2 Å². The largest absolute Gasteiger partial charge is 0.306 e. The standard InChI is InChI=1S/C16H19Br2NS/c1-4-6-19-15(16-10(2)5-7-20-16)12-9-13(17)11(3)8-14(12)18/h5,7-9,15,19H,4,6H2,1-3H3. The van der Waals surface area contributed by atoms with Crippen molar-refractivity contribution in [1.29, 1.82) is 0 Å². The van der Waals surface area contributed by atoms with Crippen molar-refractivity contribution in [1.82, 2.24) is 5.32 Å². The fourth-order valence-electron chi connectivity index (χ4n) is 2.20. The van der Waals surface area contributed by atoms with Crippen LogP contribution in [0.3, 0.4) is 0 Å². The topological polar surface area (TPSA) is 12.0 Å². The first-order valence-corrected chi connectivity index (χ1v) is 9.24. The smallest absolute Gasteiger partial charge is 0.0685 e. The summed E-state index contributed by atoms with van der Waals surface area (Å²) in [7, 11) is 0. The minimum Gasteiger partial charge on any atom is -0.306 e. The first kappa shape index (κ1) is 16.2. The molecule has 0 amide bonds. The lowest BCUT2D eigenvalue weighted by Gasteiger charge is -2.21. The molecule has 1 heterocycles. The Morgan fingerprint density at radius 1 is 1.15 bits per heavy atom. The van der Waals surface area contributed by atoms with E-state index in [9.17, 15) is 0 Å². The van der Waals surface area contributed by atoms with Crippen LogP contribution in [0, 0.1) is 13.8 Å². The molecular formula is C16H19Br2NS. The predicted octanol–water partition coefficient (Wildman–Crippen LogP) is 5.98. The average Bonchev–Trinajstić information content (AvgIpc) is 2.82. The van der Waals surface area contributed by atoms with Gasteiger partial charge in [-0.05, 0) is 67.1 Å². The first-order valence-electron chi connectivity index (χ1n) is 6.77. The third-order valence-corrected chi connectivity index (χ3v) is 5.98. The summed E-state index contributed by atoms with van der Waals surface area (Å²) >= 11 is 9.20. The van der Waals surface area contributed by atoms with Crippen LogP contribution < -0.4 is 5.32 Å². The van der Waals surface area contributed by atoms with Crippen LogP contribution in [0.5, 0.6) is 0 Å². The molecule has 2 aromatic rings. The van der Waals surface area contributed by atoms with Crippen molar-refractivity contribution in [3.63, 3.8) is 0 Å². The molecular weight excluding hydrogens is 398 g/mol. The molecule has 0 saturated carbocycles. The maximum atomic E-state index is 3.73. The van der Waals surface area contributed by atoms with E-state index in [0.29, 0.717) is 0 Å². The van der Waals surface area contributed by atoms with E-state index in [2.05, 4.69) is 81.5 Å². The van der Waals surface area contributed by atoms with Gasteiger partial charge in [-0.1, -0.05) is 38.8 Å². The SMILES string of the molecule is CCCNC(c1cc(Br)c(C)cc1Br)c1sccc1C. The lowest BCUT2D eigenvalue weighted by atomic mass is 10.0.